The predicted octanol–water partition coefficient (Wildman–Crippen LogP) is 1.35. The second-order valence-electron chi connectivity index (χ2n) is 4.34. The van der Waals surface area contributed by atoms with Gasteiger partial charge in [-0.15, -0.1) is 5.10 Å². The van der Waals surface area contributed by atoms with E-state index in [-0.39, 0.29) is 17.5 Å². The second-order valence-corrected chi connectivity index (χ2v) is 4.34. The Bertz CT molecular complexity index is 456. The van der Waals surface area contributed by atoms with E-state index in [2.05, 4.69) is 10.2 Å². The predicted molar refractivity (Wildman–Crippen MR) is 62.9 cm³/mol. The Morgan fingerprint density at radius 3 is 2.89 bits per heavy atom. The average molecular weight is 252 g/mol. The number of aromatic carboxylic acids is 1. The van der Waals surface area contributed by atoms with Gasteiger partial charge in [0.1, 0.15) is 12.2 Å². The SMILES string of the molecule is Cc1nnc(OCC2CCCO2)c(C(=O)O)c1C. The Morgan fingerprint density at radius 2 is 2.28 bits per heavy atom. The molecule has 18 heavy (non-hydrogen) atoms. The van der Waals surface area contributed by atoms with Gasteiger partial charge < -0.3 is 14.6 Å². The monoisotopic (exact) mass is 252 g/mol. The van der Waals surface area contributed by atoms with Crippen molar-refractivity contribution >= 4 is 5.97 Å². The average Bonchev–Trinajstić information content (AvgIpc) is 2.83. The zero-order valence-electron chi connectivity index (χ0n) is 10.5. The molecule has 0 aliphatic carbocycles. The summed E-state index contributed by atoms with van der Waals surface area (Å²) in [5.41, 5.74) is 1.26. The van der Waals surface area contributed by atoms with E-state index in [9.17, 15) is 9.90 Å². The summed E-state index contributed by atoms with van der Waals surface area (Å²) in [6, 6.07) is 0. The third-order valence-corrected chi connectivity index (χ3v) is 3.07. The lowest BCUT2D eigenvalue weighted by Crippen LogP contribution is -2.19. The number of carboxylic acids is 1. The molecule has 1 atom stereocenters. The Labute approximate surface area is 105 Å². The number of hydrogen-bond acceptors (Lipinski definition) is 5. The fourth-order valence-electron chi connectivity index (χ4n) is 1.89. The molecule has 1 unspecified atom stereocenters. The molecule has 0 bridgehead atoms. The van der Waals surface area contributed by atoms with Crippen molar-refractivity contribution in [2.45, 2.75) is 32.8 Å². The molecule has 1 aliphatic heterocycles. The van der Waals surface area contributed by atoms with Crippen LogP contribution in [-0.2, 0) is 4.74 Å². The molecule has 0 spiro atoms. The molecule has 1 fully saturated rings. The van der Waals surface area contributed by atoms with E-state index in [4.69, 9.17) is 9.47 Å². The van der Waals surface area contributed by atoms with Gasteiger partial charge in [0.2, 0.25) is 5.88 Å². The first-order chi connectivity index (χ1) is 8.59. The number of aromatic nitrogens is 2. The van der Waals surface area contributed by atoms with Gasteiger partial charge in [-0.25, -0.2) is 4.79 Å². The van der Waals surface area contributed by atoms with E-state index < -0.39 is 5.97 Å². The van der Waals surface area contributed by atoms with Crippen LogP contribution in [0.2, 0.25) is 0 Å². The highest BCUT2D eigenvalue weighted by molar-refractivity contribution is 5.91. The summed E-state index contributed by atoms with van der Waals surface area (Å²) in [5.74, 6) is -0.978. The number of aryl methyl sites for hydroxylation is 1. The van der Waals surface area contributed by atoms with E-state index in [1.165, 1.54) is 0 Å². The molecule has 1 aliphatic rings. The van der Waals surface area contributed by atoms with E-state index >= 15 is 0 Å². The molecule has 2 rings (SSSR count). The van der Waals surface area contributed by atoms with Gasteiger partial charge in [0.25, 0.3) is 0 Å². The van der Waals surface area contributed by atoms with Crippen molar-refractivity contribution in [3.63, 3.8) is 0 Å². The minimum absolute atomic E-state index is 0.0232. The molecular weight excluding hydrogens is 236 g/mol. The Balaban J connectivity index is 2.16. The van der Waals surface area contributed by atoms with Gasteiger partial charge in [-0.1, -0.05) is 0 Å². The number of nitrogens with zero attached hydrogens (tertiary/aromatic N) is 2. The van der Waals surface area contributed by atoms with Crippen molar-refractivity contribution in [3.05, 3.63) is 16.8 Å². The fraction of sp³-hybridized carbons (Fsp3) is 0.583. The summed E-state index contributed by atoms with van der Waals surface area (Å²) in [6.45, 7) is 4.47. The maximum absolute atomic E-state index is 11.2. The van der Waals surface area contributed by atoms with Gasteiger partial charge in [-0.3, -0.25) is 0 Å². The van der Waals surface area contributed by atoms with Crippen LogP contribution in [0.4, 0.5) is 0 Å². The largest absolute Gasteiger partial charge is 0.477 e. The maximum atomic E-state index is 11.2. The molecule has 6 nitrogen and oxygen atoms in total. The summed E-state index contributed by atoms with van der Waals surface area (Å²) >= 11 is 0. The molecule has 0 radical (unpaired) electrons. The Hall–Kier alpha value is -1.69. The van der Waals surface area contributed by atoms with E-state index in [1.54, 1.807) is 13.8 Å². The molecule has 98 valence electrons. The minimum Gasteiger partial charge on any atom is -0.477 e. The van der Waals surface area contributed by atoms with Crippen molar-refractivity contribution in [2.75, 3.05) is 13.2 Å². The van der Waals surface area contributed by atoms with Crippen LogP contribution in [0.1, 0.15) is 34.5 Å². The van der Waals surface area contributed by atoms with Crippen molar-refractivity contribution in [1.29, 1.82) is 0 Å². The molecule has 0 saturated carbocycles. The summed E-state index contributed by atoms with van der Waals surface area (Å²) in [4.78, 5) is 11.2. The van der Waals surface area contributed by atoms with Crippen LogP contribution in [-0.4, -0.2) is 40.6 Å². The van der Waals surface area contributed by atoms with E-state index in [1.807, 2.05) is 0 Å². The second kappa shape index (κ2) is 5.30. The van der Waals surface area contributed by atoms with Crippen LogP contribution in [0.5, 0.6) is 5.88 Å². The summed E-state index contributed by atoms with van der Waals surface area (Å²) < 4.78 is 10.8. The van der Waals surface area contributed by atoms with Crippen LogP contribution in [0, 0.1) is 13.8 Å². The van der Waals surface area contributed by atoms with Crippen molar-refractivity contribution < 1.29 is 19.4 Å². The van der Waals surface area contributed by atoms with Crippen molar-refractivity contribution in [1.82, 2.24) is 10.2 Å². The van der Waals surface area contributed by atoms with Crippen molar-refractivity contribution in [3.8, 4) is 5.88 Å². The molecule has 1 aromatic heterocycles. The summed E-state index contributed by atoms with van der Waals surface area (Å²) in [6.07, 6.45) is 1.97. The van der Waals surface area contributed by atoms with E-state index in [0.29, 0.717) is 17.9 Å². The van der Waals surface area contributed by atoms with Crippen LogP contribution in [0.3, 0.4) is 0 Å². The van der Waals surface area contributed by atoms with Crippen LogP contribution in [0.15, 0.2) is 0 Å². The first-order valence-corrected chi connectivity index (χ1v) is 5.91. The molecular formula is C12H16N2O4. The van der Waals surface area contributed by atoms with Gasteiger partial charge >= 0.3 is 5.97 Å². The molecule has 2 heterocycles. The third-order valence-electron chi connectivity index (χ3n) is 3.07. The zero-order valence-corrected chi connectivity index (χ0v) is 10.5. The van der Waals surface area contributed by atoms with Gasteiger partial charge in [0.05, 0.1) is 11.8 Å². The molecule has 0 aromatic carbocycles. The van der Waals surface area contributed by atoms with Gasteiger partial charge in [0.15, 0.2) is 0 Å². The lowest BCUT2D eigenvalue weighted by atomic mass is 10.1. The number of hydrogen-bond donors (Lipinski definition) is 1. The standard InChI is InChI=1S/C12H16N2O4/c1-7-8(2)13-14-11(10(7)12(15)16)18-6-9-4-3-5-17-9/h9H,3-6H2,1-2H3,(H,15,16). The quantitative estimate of drug-likeness (QED) is 0.871. The van der Waals surface area contributed by atoms with E-state index in [0.717, 1.165) is 19.4 Å². The van der Waals surface area contributed by atoms with Crippen LogP contribution >= 0.6 is 0 Å². The van der Waals surface area contributed by atoms with Gasteiger partial charge in [-0.05, 0) is 32.3 Å². The highest BCUT2D eigenvalue weighted by Crippen LogP contribution is 2.21. The summed E-state index contributed by atoms with van der Waals surface area (Å²) in [5, 5.41) is 16.9. The normalized spacial score (nSPS) is 18.9. The fourth-order valence-corrected chi connectivity index (χ4v) is 1.89. The highest BCUT2D eigenvalue weighted by Gasteiger charge is 2.21. The number of carboxylic acid groups (broad SMARTS) is 1. The first kappa shape index (κ1) is 12.8. The summed E-state index contributed by atoms with van der Waals surface area (Å²) in [7, 11) is 0. The topological polar surface area (TPSA) is 81.5 Å². The maximum Gasteiger partial charge on any atom is 0.341 e. The minimum atomic E-state index is -1.05. The Morgan fingerprint density at radius 1 is 1.50 bits per heavy atom. The Kier molecular flexibility index (Phi) is 3.76. The zero-order chi connectivity index (χ0) is 13.1. The van der Waals surface area contributed by atoms with Gasteiger partial charge in [0, 0.05) is 6.61 Å². The smallest absolute Gasteiger partial charge is 0.341 e. The van der Waals surface area contributed by atoms with Crippen molar-refractivity contribution in [2.24, 2.45) is 0 Å². The van der Waals surface area contributed by atoms with Crippen LogP contribution in [0.25, 0.3) is 0 Å². The molecule has 6 heteroatoms. The number of rotatable bonds is 4. The molecule has 1 aromatic rings. The number of carbonyl (C=O) groups is 1. The highest BCUT2D eigenvalue weighted by atomic mass is 16.5. The molecule has 1 saturated heterocycles. The van der Waals surface area contributed by atoms with Crippen LogP contribution < -0.4 is 4.74 Å². The third kappa shape index (κ3) is 2.59. The lowest BCUT2D eigenvalue weighted by Gasteiger charge is -2.13. The lowest BCUT2D eigenvalue weighted by molar-refractivity contribution is 0.0611. The number of ether oxygens (including phenoxy) is 2. The molecule has 0 amide bonds. The first-order valence-electron chi connectivity index (χ1n) is 5.91. The molecule has 1 N–H and O–H groups in total. The van der Waals surface area contributed by atoms with Gasteiger partial charge in [-0.2, -0.15) is 5.10 Å².